The van der Waals surface area contributed by atoms with Crippen LogP contribution >= 0.6 is 11.8 Å². The van der Waals surface area contributed by atoms with Gasteiger partial charge in [0.2, 0.25) is 0 Å². The second-order valence-corrected chi connectivity index (χ2v) is 5.01. The molecule has 0 saturated heterocycles. The van der Waals surface area contributed by atoms with Gasteiger partial charge in [-0.15, -0.1) is 0 Å². The molecule has 0 aliphatic heterocycles. The van der Waals surface area contributed by atoms with Crippen molar-refractivity contribution in [3.05, 3.63) is 12.7 Å². The van der Waals surface area contributed by atoms with Crippen molar-refractivity contribution in [3.8, 4) is 0 Å². The number of imidazole rings is 1. The van der Waals surface area contributed by atoms with Crippen molar-refractivity contribution in [2.24, 2.45) is 0 Å². The molecule has 3 N–H and O–H groups in total. The monoisotopic (exact) mass is 283 g/mol. The highest BCUT2D eigenvalue weighted by Crippen LogP contribution is 2.14. The molecule has 104 valence electrons. The summed E-state index contributed by atoms with van der Waals surface area (Å²) in [7, 11) is 0. The van der Waals surface area contributed by atoms with Crippen LogP contribution in [0.25, 0.3) is 11.2 Å². The van der Waals surface area contributed by atoms with Crippen LogP contribution in [0.3, 0.4) is 0 Å². The molecular formula is C11H17N5O2S. The van der Waals surface area contributed by atoms with E-state index in [9.17, 15) is 5.11 Å². The second kappa shape index (κ2) is 6.69. The van der Waals surface area contributed by atoms with Gasteiger partial charge in [0.05, 0.1) is 19.0 Å². The highest BCUT2D eigenvalue weighted by molar-refractivity contribution is 7.98. The first-order chi connectivity index (χ1) is 9.26. The quantitative estimate of drug-likeness (QED) is 0.763. The Morgan fingerprint density at radius 3 is 3.05 bits per heavy atom. The van der Waals surface area contributed by atoms with Gasteiger partial charge in [0.1, 0.15) is 18.6 Å². The molecule has 2 rings (SSSR count). The van der Waals surface area contributed by atoms with E-state index in [1.807, 2.05) is 6.26 Å². The van der Waals surface area contributed by atoms with Crippen LogP contribution in [-0.4, -0.2) is 49.3 Å². The van der Waals surface area contributed by atoms with E-state index in [1.165, 1.54) is 6.33 Å². The Hall–Kier alpha value is -1.38. The molecule has 8 heteroatoms. The topological polar surface area (TPSA) is 99.1 Å². The standard InChI is InChI=1S/C11H17N5O2S/c1-19-3-2-8(4-17)18-7-16-6-15-9-10(12)13-5-14-11(9)16/h5-6,8,17H,2-4,7H2,1H3,(H2,12,13,14). The fraction of sp³-hybridized carbons (Fsp3) is 0.545. The van der Waals surface area contributed by atoms with E-state index in [-0.39, 0.29) is 19.4 Å². The lowest BCUT2D eigenvalue weighted by atomic mass is 10.3. The minimum absolute atomic E-state index is 0.00428. The first kappa shape index (κ1) is 14.0. The molecule has 0 saturated carbocycles. The maximum absolute atomic E-state index is 9.23. The summed E-state index contributed by atoms with van der Waals surface area (Å²) in [5.41, 5.74) is 6.91. The number of nitrogens with two attached hydrogens (primary N) is 1. The lowest BCUT2D eigenvalue weighted by Gasteiger charge is -2.15. The lowest BCUT2D eigenvalue weighted by Crippen LogP contribution is -2.20. The zero-order chi connectivity index (χ0) is 13.7. The highest BCUT2D eigenvalue weighted by atomic mass is 32.2. The van der Waals surface area contributed by atoms with Crippen molar-refractivity contribution in [2.45, 2.75) is 19.3 Å². The molecular weight excluding hydrogens is 266 g/mol. The number of aromatic nitrogens is 4. The smallest absolute Gasteiger partial charge is 0.167 e. The maximum atomic E-state index is 9.23. The lowest BCUT2D eigenvalue weighted by molar-refractivity contribution is -0.0232. The molecule has 7 nitrogen and oxygen atoms in total. The Morgan fingerprint density at radius 2 is 2.32 bits per heavy atom. The number of thioether (sulfide) groups is 1. The van der Waals surface area contributed by atoms with Crippen molar-refractivity contribution in [2.75, 3.05) is 24.3 Å². The minimum atomic E-state index is -0.177. The van der Waals surface area contributed by atoms with E-state index in [0.717, 1.165) is 12.2 Å². The third-order valence-electron chi connectivity index (χ3n) is 2.73. The SMILES string of the molecule is CSCCC(CO)OCn1cnc2c(N)ncnc21. The van der Waals surface area contributed by atoms with Crippen LogP contribution in [0.4, 0.5) is 5.82 Å². The summed E-state index contributed by atoms with van der Waals surface area (Å²) in [6.07, 6.45) is 5.66. The van der Waals surface area contributed by atoms with Crippen molar-refractivity contribution >= 4 is 28.7 Å². The zero-order valence-electron chi connectivity index (χ0n) is 10.7. The number of ether oxygens (including phenoxy) is 1. The Bertz CT molecular complexity index is 533. The van der Waals surface area contributed by atoms with E-state index in [1.54, 1.807) is 22.7 Å². The summed E-state index contributed by atoms with van der Waals surface area (Å²) in [4.78, 5) is 12.2. The van der Waals surface area contributed by atoms with Gasteiger partial charge < -0.3 is 15.6 Å². The van der Waals surface area contributed by atoms with Gasteiger partial charge in [0.15, 0.2) is 11.5 Å². The van der Waals surface area contributed by atoms with Gasteiger partial charge >= 0.3 is 0 Å². The van der Waals surface area contributed by atoms with Gasteiger partial charge in [0.25, 0.3) is 0 Å². The van der Waals surface area contributed by atoms with Gasteiger partial charge in [-0.2, -0.15) is 11.8 Å². The molecule has 0 aliphatic rings. The van der Waals surface area contributed by atoms with E-state index >= 15 is 0 Å². The molecule has 0 spiro atoms. The number of hydrogen-bond acceptors (Lipinski definition) is 7. The summed E-state index contributed by atoms with van der Waals surface area (Å²) >= 11 is 1.73. The van der Waals surface area contributed by atoms with Gasteiger partial charge in [-0.1, -0.05) is 0 Å². The summed E-state index contributed by atoms with van der Waals surface area (Å²) in [5.74, 6) is 1.30. The summed E-state index contributed by atoms with van der Waals surface area (Å²) < 4.78 is 7.39. The predicted molar refractivity (Wildman–Crippen MR) is 74.7 cm³/mol. The number of nitrogen functional groups attached to an aromatic ring is 1. The molecule has 0 fully saturated rings. The molecule has 19 heavy (non-hydrogen) atoms. The molecule has 2 heterocycles. The summed E-state index contributed by atoms with van der Waals surface area (Å²) in [6, 6.07) is 0. The van der Waals surface area contributed by atoms with Crippen LogP contribution in [0.15, 0.2) is 12.7 Å². The van der Waals surface area contributed by atoms with Crippen LogP contribution in [0.1, 0.15) is 6.42 Å². The normalized spacial score (nSPS) is 12.9. The minimum Gasteiger partial charge on any atom is -0.394 e. The van der Waals surface area contributed by atoms with E-state index in [2.05, 4.69) is 15.0 Å². The van der Waals surface area contributed by atoms with Crippen LogP contribution in [0.5, 0.6) is 0 Å². The number of hydrogen-bond donors (Lipinski definition) is 2. The average Bonchev–Trinajstić information content (AvgIpc) is 2.84. The summed E-state index contributed by atoms with van der Waals surface area (Å²) in [6.45, 7) is 0.289. The number of anilines is 1. The molecule has 1 atom stereocenters. The molecule has 0 amide bonds. The number of aliphatic hydroxyl groups is 1. The fourth-order valence-corrected chi connectivity index (χ4v) is 2.15. The van der Waals surface area contributed by atoms with E-state index in [0.29, 0.717) is 17.0 Å². The van der Waals surface area contributed by atoms with E-state index < -0.39 is 0 Å². The molecule has 0 aromatic carbocycles. The molecule has 0 bridgehead atoms. The third kappa shape index (κ3) is 3.34. The first-order valence-electron chi connectivity index (χ1n) is 5.89. The molecule has 0 radical (unpaired) electrons. The number of fused-ring (bicyclic) bond motifs is 1. The van der Waals surface area contributed by atoms with Crippen molar-refractivity contribution in [3.63, 3.8) is 0 Å². The Kier molecular flexibility index (Phi) is 4.94. The largest absolute Gasteiger partial charge is 0.394 e. The Morgan fingerprint density at radius 1 is 1.47 bits per heavy atom. The number of aliphatic hydroxyl groups excluding tert-OH is 1. The van der Waals surface area contributed by atoms with Crippen molar-refractivity contribution in [1.82, 2.24) is 19.5 Å². The average molecular weight is 283 g/mol. The molecule has 1 unspecified atom stereocenters. The predicted octanol–water partition coefficient (Wildman–Crippen LogP) is 0.497. The van der Waals surface area contributed by atoms with Gasteiger partial charge in [0, 0.05) is 0 Å². The van der Waals surface area contributed by atoms with Gasteiger partial charge in [-0.25, -0.2) is 15.0 Å². The molecule has 0 aliphatic carbocycles. The van der Waals surface area contributed by atoms with E-state index in [4.69, 9.17) is 10.5 Å². The van der Waals surface area contributed by atoms with Gasteiger partial charge in [-0.3, -0.25) is 4.57 Å². The van der Waals surface area contributed by atoms with Crippen LogP contribution in [-0.2, 0) is 11.5 Å². The maximum Gasteiger partial charge on any atom is 0.167 e. The second-order valence-electron chi connectivity index (χ2n) is 4.03. The van der Waals surface area contributed by atoms with Crippen LogP contribution in [0.2, 0.25) is 0 Å². The van der Waals surface area contributed by atoms with Crippen molar-refractivity contribution < 1.29 is 9.84 Å². The third-order valence-corrected chi connectivity index (χ3v) is 3.37. The fourth-order valence-electron chi connectivity index (χ4n) is 1.66. The first-order valence-corrected chi connectivity index (χ1v) is 7.28. The number of nitrogens with zero attached hydrogens (tertiary/aromatic N) is 4. The zero-order valence-corrected chi connectivity index (χ0v) is 11.5. The van der Waals surface area contributed by atoms with Crippen molar-refractivity contribution in [1.29, 1.82) is 0 Å². The van der Waals surface area contributed by atoms with Crippen LogP contribution < -0.4 is 5.73 Å². The Balaban J connectivity index is 2.03. The molecule has 2 aromatic heterocycles. The number of rotatable bonds is 7. The van der Waals surface area contributed by atoms with Gasteiger partial charge in [-0.05, 0) is 18.4 Å². The Labute approximate surface area is 115 Å². The highest BCUT2D eigenvalue weighted by Gasteiger charge is 2.11. The van der Waals surface area contributed by atoms with Crippen LogP contribution in [0, 0.1) is 0 Å². The molecule has 2 aromatic rings. The summed E-state index contributed by atoms with van der Waals surface area (Å²) in [5, 5.41) is 9.23.